The normalized spacial score (nSPS) is 14.5. The Kier molecular flexibility index (Phi) is 16.2. The summed E-state index contributed by atoms with van der Waals surface area (Å²) in [5.41, 5.74) is 29.4. The molecule has 0 aliphatic heterocycles. The first kappa shape index (κ1) is 45.3. The smallest absolute Gasteiger partial charge is 0.243 e. The highest BCUT2D eigenvalue weighted by Crippen LogP contribution is 2.21. The molecule has 2 aromatic rings. The molecule has 0 aliphatic carbocycles. The van der Waals surface area contributed by atoms with Crippen LogP contribution in [0.2, 0.25) is 0 Å². The van der Waals surface area contributed by atoms with Crippen LogP contribution >= 0.6 is 0 Å². The van der Waals surface area contributed by atoms with Crippen LogP contribution in [0, 0.1) is 5.41 Å². The van der Waals surface area contributed by atoms with E-state index in [-0.39, 0.29) is 31.8 Å². The van der Waals surface area contributed by atoms with Gasteiger partial charge in [-0.25, -0.2) is 0 Å². The van der Waals surface area contributed by atoms with Crippen LogP contribution in [-0.2, 0) is 30.8 Å². The number of hydrogen-bond acceptors (Lipinski definition) is 7. The van der Waals surface area contributed by atoms with E-state index in [0.717, 1.165) is 38.4 Å². The van der Waals surface area contributed by atoms with Crippen LogP contribution in [0.25, 0.3) is 0 Å². The zero-order valence-corrected chi connectivity index (χ0v) is 33.5. The minimum atomic E-state index is -1.44. The summed E-state index contributed by atoms with van der Waals surface area (Å²) >= 11 is 0. The summed E-state index contributed by atoms with van der Waals surface area (Å²) in [5.74, 6) is -2.68. The van der Waals surface area contributed by atoms with Crippen molar-refractivity contribution < 1.29 is 19.2 Å². The highest BCUT2D eigenvalue weighted by Gasteiger charge is 2.44. The zero-order valence-electron chi connectivity index (χ0n) is 33.5. The fraction of sp³-hybridized carbons (Fsp3) is 0.433. The average Bonchev–Trinajstić information content (AvgIpc) is 3.05. The van der Waals surface area contributed by atoms with Crippen molar-refractivity contribution in [1.82, 2.24) is 21.3 Å². The summed E-state index contributed by atoms with van der Waals surface area (Å²) in [6, 6.07) is 6.05. The van der Waals surface area contributed by atoms with Crippen LogP contribution in [0.4, 0.5) is 0 Å². The Labute approximate surface area is 323 Å². The van der Waals surface area contributed by atoms with E-state index >= 15 is 0 Å². The van der Waals surface area contributed by atoms with E-state index in [1.807, 2.05) is 93.1 Å². The fourth-order valence-electron chi connectivity index (χ4n) is 6.95. The molecule has 0 saturated carbocycles. The lowest BCUT2D eigenvalue weighted by Crippen LogP contribution is -2.70. The lowest BCUT2D eigenvalue weighted by Gasteiger charge is -2.41. The second-order valence-electron chi connectivity index (χ2n) is 16.0. The number of primary amides is 1. The van der Waals surface area contributed by atoms with Crippen LogP contribution in [0.5, 0.6) is 0 Å². The Morgan fingerprint density at radius 2 is 1.30 bits per heavy atom. The number of nitrogens with two attached hydrogens (primary N) is 4. The number of carbonyl (C=O) groups excluding carboxylic acids is 4. The van der Waals surface area contributed by atoms with Gasteiger partial charge < -0.3 is 44.2 Å². The molecule has 2 aromatic carbocycles. The number of rotatable bonds is 19. The van der Waals surface area contributed by atoms with E-state index in [1.54, 1.807) is 7.85 Å². The molecule has 0 fully saturated rings. The van der Waals surface area contributed by atoms with Gasteiger partial charge in [-0.1, -0.05) is 59.7 Å². The van der Waals surface area contributed by atoms with Crippen molar-refractivity contribution >= 4 is 135 Å². The van der Waals surface area contributed by atoms with Gasteiger partial charge in [0, 0.05) is 6.54 Å². The second-order valence-corrected chi connectivity index (χ2v) is 16.0. The summed E-state index contributed by atoms with van der Waals surface area (Å²) < 4.78 is 0. The minimum absolute atomic E-state index is 0.152. The molecule has 0 aliphatic rings. The van der Waals surface area contributed by atoms with Crippen LogP contribution in [0.15, 0.2) is 30.3 Å². The van der Waals surface area contributed by atoms with Crippen molar-refractivity contribution in [3.8, 4) is 0 Å². The van der Waals surface area contributed by atoms with Crippen molar-refractivity contribution in [3.63, 3.8) is 0 Å². The summed E-state index contributed by atoms with van der Waals surface area (Å²) in [4.78, 5) is 55.4. The van der Waals surface area contributed by atoms with Crippen LogP contribution in [-0.4, -0.2) is 143 Å². The van der Waals surface area contributed by atoms with Crippen LogP contribution in [0.3, 0.4) is 0 Å². The Bertz CT molecular complexity index is 1640. The van der Waals surface area contributed by atoms with Crippen molar-refractivity contribution in [2.45, 2.75) is 72.6 Å². The maximum atomic E-state index is 14.6. The van der Waals surface area contributed by atoms with E-state index < -0.39 is 57.7 Å². The molecular formula is C30H55B10N9O4. The van der Waals surface area contributed by atoms with E-state index in [2.05, 4.69) is 29.1 Å². The molecule has 2 rings (SSSR count). The van der Waals surface area contributed by atoms with Gasteiger partial charge in [-0.15, -0.1) is 16.4 Å². The number of amides is 4. The Morgan fingerprint density at radius 1 is 0.755 bits per heavy atom. The van der Waals surface area contributed by atoms with Gasteiger partial charge >= 0.3 is 0 Å². The van der Waals surface area contributed by atoms with Gasteiger partial charge in [-0.2, -0.15) is 0 Å². The van der Waals surface area contributed by atoms with Gasteiger partial charge in [0.2, 0.25) is 23.6 Å². The first-order valence-electron chi connectivity index (χ1n) is 18.4. The Balaban J connectivity index is 2.61. The van der Waals surface area contributed by atoms with E-state index in [9.17, 15) is 19.2 Å². The largest absolute Gasteiger partial charge is 0.370 e. The molecule has 13 N–H and O–H groups in total. The first-order chi connectivity index (χ1) is 24.4. The molecule has 0 heterocycles. The van der Waals surface area contributed by atoms with Gasteiger partial charge in [-0.05, 0) is 41.8 Å². The lowest BCUT2D eigenvalue weighted by atomic mass is 9.42. The molecule has 0 unspecified atom stereocenters. The zero-order chi connectivity index (χ0) is 40.5. The van der Waals surface area contributed by atoms with E-state index in [1.165, 1.54) is 0 Å². The predicted molar refractivity (Wildman–Crippen MR) is 244 cm³/mol. The summed E-state index contributed by atoms with van der Waals surface area (Å²) in [7, 11) is 19.3. The minimum Gasteiger partial charge on any atom is -0.370 e. The highest BCUT2D eigenvalue weighted by molar-refractivity contribution is 6.68. The second kappa shape index (κ2) is 19.0. The third-order valence-corrected chi connectivity index (χ3v) is 10.6. The maximum absolute atomic E-state index is 14.6. The number of benzene rings is 2. The molecule has 53 heavy (non-hydrogen) atoms. The molecule has 0 aromatic heterocycles. The fourth-order valence-corrected chi connectivity index (χ4v) is 6.95. The van der Waals surface area contributed by atoms with Gasteiger partial charge in [0.15, 0.2) is 5.96 Å². The van der Waals surface area contributed by atoms with Crippen LogP contribution < -0.4 is 71.5 Å². The standard InChI is InChI=1S/C30H55B10N9O4/c31-17-16(18(32)20(34)21(35)19(17)33)30(39,40)22(25(52)49-28(36,26(42)53)9-5-10-29(37,38)45)48-24(51)15(8-4-11-46-27(43)44)47-23(50)14(41)12-13-6-2-1-3-7-13/h1-3,6-7,14-15,22H,4-5,8-12,31-41,45H2,(H2,42,53)(H,47,50)(H,48,51)(H,49,52)(H4,43,44,46)/t14-,15+,22+,28-/m0/s1. The SMILES string of the molecule is Bc1c(B)c(B)c(C(B)(B)[C@H](NC(=O)[C@@H](CCCNC(=N)N)NC(=O)[C@@H](N)Cc2ccccc2)C(=O)N[C@@](B)(CCCC(B)(B)N)C(N)=O)c(B)c1B. The molecule has 23 heteroatoms. The molecule has 13 nitrogen and oxygen atoms in total. The molecule has 274 valence electrons. The van der Waals surface area contributed by atoms with Crippen molar-refractivity contribution in [3.05, 3.63) is 41.5 Å². The number of guanidine groups is 1. The number of nitrogens with one attached hydrogen (secondary N) is 5. The Hall–Kier alpha value is -3.84. The third-order valence-electron chi connectivity index (χ3n) is 10.6. The molecule has 0 radical (unpaired) electrons. The first-order valence-corrected chi connectivity index (χ1v) is 18.4. The molecule has 4 atom stereocenters. The van der Waals surface area contributed by atoms with Gasteiger partial charge in [0.25, 0.3) is 0 Å². The average molecular weight is 714 g/mol. The summed E-state index contributed by atoms with van der Waals surface area (Å²) in [6.07, 6.45) is 2.10. The topological polar surface area (TPSA) is 244 Å². The molecule has 0 saturated heterocycles. The highest BCUT2D eigenvalue weighted by atomic mass is 16.2. The predicted octanol–water partition coefficient (Wildman–Crippen LogP) is -14.8. The molecule has 0 bridgehead atoms. The van der Waals surface area contributed by atoms with E-state index in [0.29, 0.717) is 19.3 Å². The summed E-state index contributed by atoms with van der Waals surface area (Å²) in [5, 5.41) is 17.4. The van der Waals surface area contributed by atoms with Gasteiger partial charge in [0.05, 0.1) is 11.5 Å². The van der Waals surface area contributed by atoms with Crippen molar-refractivity contribution in [2.24, 2.45) is 22.9 Å². The number of hydrogen-bond donors (Lipinski definition) is 9. The Morgan fingerprint density at radius 3 is 1.81 bits per heavy atom. The van der Waals surface area contributed by atoms with Crippen LogP contribution in [0.1, 0.15) is 43.2 Å². The van der Waals surface area contributed by atoms with Gasteiger partial charge in [-0.3, -0.25) is 24.6 Å². The maximum Gasteiger partial charge on any atom is 0.243 e. The monoisotopic (exact) mass is 716 g/mol. The van der Waals surface area contributed by atoms with Crippen molar-refractivity contribution in [1.29, 1.82) is 5.41 Å². The molecule has 4 amide bonds. The lowest BCUT2D eigenvalue weighted by molar-refractivity contribution is -0.134. The third kappa shape index (κ3) is 12.6. The summed E-state index contributed by atoms with van der Waals surface area (Å²) in [6.45, 7) is 0.275. The van der Waals surface area contributed by atoms with Gasteiger partial charge in [0.1, 0.15) is 90.5 Å². The molecular weight excluding hydrogens is 659 g/mol. The quantitative estimate of drug-likeness (QED) is 0.0292. The molecule has 0 spiro atoms. The van der Waals surface area contributed by atoms with E-state index in [4.69, 9.17) is 28.3 Å². The number of carbonyl (C=O) groups is 4. The van der Waals surface area contributed by atoms with Crippen molar-refractivity contribution in [2.75, 3.05) is 6.54 Å².